The van der Waals surface area contributed by atoms with Gasteiger partial charge in [0.1, 0.15) is 10.7 Å². The predicted octanol–water partition coefficient (Wildman–Crippen LogP) is 1.65. The van der Waals surface area contributed by atoms with Crippen LogP contribution in [0.2, 0.25) is 0 Å². The molecule has 0 atom stereocenters. The molecule has 7 nitrogen and oxygen atoms in total. The molecule has 27 heavy (non-hydrogen) atoms. The van der Waals surface area contributed by atoms with Gasteiger partial charge in [-0.15, -0.1) is 11.3 Å². The number of hydrogen-bond acceptors (Lipinski definition) is 5. The van der Waals surface area contributed by atoms with Crippen molar-refractivity contribution in [2.75, 3.05) is 26.2 Å². The average Bonchev–Trinajstić information content (AvgIpc) is 3.26. The van der Waals surface area contributed by atoms with Crippen LogP contribution in [-0.4, -0.2) is 57.3 Å². The predicted molar refractivity (Wildman–Crippen MR) is 104 cm³/mol. The number of fused-ring (bicyclic) bond motifs is 2. The van der Waals surface area contributed by atoms with Crippen LogP contribution in [0.5, 0.6) is 0 Å². The lowest BCUT2D eigenvalue weighted by Crippen LogP contribution is -2.51. The first kappa shape index (κ1) is 18.2. The minimum Gasteiger partial charge on any atom is -0.339 e. The van der Waals surface area contributed by atoms with Crippen LogP contribution in [0.15, 0.2) is 4.79 Å². The van der Waals surface area contributed by atoms with Gasteiger partial charge in [-0.1, -0.05) is 13.8 Å². The summed E-state index contributed by atoms with van der Waals surface area (Å²) in [5, 5.41) is 0.586. The van der Waals surface area contributed by atoms with Crippen LogP contribution in [0, 0.1) is 12.8 Å². The van der Waals surface area contributed by atoms with Gasteiger partial charge in [-0.25, -0.2) is 4.98 Å². The van der Waals surface area contributed by atoms with Crippen molar-refractivity contribution in [1.29, 1.82) is 0 Å². The molecule has 2 aliphatic rings. The molecule has 0 N–H and O–H groups in total. The monoisotopic (exact) mass is 388 g/mol. The van der Waals surface area contributed by atoms with Crippen LogP contribution in [0.3, 0.4) is 0 Å². The highest BCUT2D eigenvalue weighted by Crippen LogP contribution is 2.30. The lowest BCUT2D eigenvalue weighted by Gasteiger charge is -2.35. The van der Waals surface area contributed by atoms with Crippen molar-refractivity contribution in [3.63, 3.8) is 0 Å². The van der Waals surface area contributed by atoms with Crippen LogP contribution in [0.4, 0.5) is 0 Å². The zero-order valence-corrected chi connectivity index (χ0v) is 16.8. The zero-order valence-electron chi connectivity index (χ0n) is 15.9. The van der Waals surface area contributed by atoms with Crippen molar-refractivity contribution in [2.24, 2.45) is 5.92 Å². The lowest BCUT2D eigenvalue weighted by molar-refractivity contribution is -0.135. The van der Waals surface area contributed by atoms with E-state index in [0.717, 1.165) is 24.2 Å². The van der Waals surface area contributed by atoms with Gasteiger partial charge in [0.05, 0.1) is 10.3 Å². The van der Waals surface area contributed by atoms with E-state index >= 15 is 0 Å². The van der Waals surface area contributed by atoms with Crippen molar-refractivity contribution in [2.45, 2.75) is 40.2 Å². The molecule has 4 rings (SSSR count). The van der Waals surface area contributed by atoms with E-state index in [0.29, 0.717) is 47.8 Å². The zero-order chi connectivity index (χ0) is 19.3. The van der Waals surface area contributed by atoms with E-state index in [1.54, 1.807) is 9.47 Å². The molecule has 0 radical (unpaired) electrons. The van der Waals surface area contributed by atoms with Gasteiger partial charge in [0.2, 0.25) is 5.91 Å². The first-order chi connectivity index (χ1) is 12.9. The third kappa shape index (κ3) is 2.96. The average molecular weight is 388 g/mol. The summed E-state index contributed by atoms with van der Waals surface area (Å²) in [6.45, 7) is 8.50. The molecule has 2 aromatic heterocycles. The molecule has 0 unspecified atom stereocenters. The third-order valence-corrected chi connectivity index (χ3v) is 6.65. The molecule has 0 aromatic carbocycles. The SMILES string of the molecule is Cc1c(C(=O)N2CCN(C(=O)C(C)C)CC2)sc2nc3n(c(=O)c12)CCC3. The van der Waals surface area contributed by atoms with Gasteiger partial charge in [-0.2, -0.15) is 0 Å². The summed E-state index contributed by atoms with van der Waals surface area (Å²) >= 11 is 1.32. The number of amides is 2. The van der Waals surface area contributed by atoms with E-state index in [1.807, 2.05) is 25.7 Å². The Bertz CT molecular complexity index is 983. The smallest absolute Gasteiger partial charge is 0.264 e. The molecule has 0 bridgehead atoms. The second-order valence-corrected chi connectivity index (χ2v) is 8.60. The summed E-state index contributed by atoms with van der Waals surface area (Å²) in [7, 11) is 0. The normalized spacial score (nSPS) is 17.0. The Labute approximate surface area is 161 Å². The highest BCUT2D eigenvalue weighted by Gasteiger charge is 2.29. The van der Waals surface area contributed by atoms with Crippen molar-refractivity contribution >= 4 is 33.4 Å². The number of aryl methyl sites for hydroxylation is 2. The Balaban J connectivity index is 1.59. The fraction of sp³-hybridized carbons (Fsp3) is 0.579. The van der Waals surface area contributed by atoms with Crippen molar-refractivity contribution in [3.8, 4) is 0 Å². The second kappa shape index (κ2) is 6.74. The van der Waals surface area contributed by atoms with E-state index in [4.69, 9.17) is 0 Å². The Morgan fingerprint density at radius 1 is 1.07 bits per heavy atom. The van der Waals surface area contributed by atoms with Crippen LogP contribution in [0.1, 0.15) is 41.3 Å². The van der Waals surface area contributed by atoms with Crippen LogP contribution >= 0.6 is 11.3 Å². The highest BCUT2D eigenvalue weighted by molar-refractivity contribution is 7.20. The maximum absolute atomic E-state index is 13.1. The largest absolute Gasteiger partial charge is 0.339 e. The first-order valence-electron chi connectivity index (χ1n) is 9.49. The fourth-order valence-corrected chi connectivity index (χ4v) is 5.08. The van der Waals surface area contributed by atoms with Gasteiger partial charge in [0.15, 0.2) is 0 Å². The van der Waals surface area contributed by atoms with E-state index in [2.05, 4.69) is 4.98 Å². The number of aromatic nitrogens is 2. The van der Waals surface area contributed by atoms with Crippen molar-refractivity contribution < 1.29 is 9.59 Å². The molecule has 0 saturated carbocycles. The number of thiophene rings is 1. The minimum absolute atomic E-state index is 0.0207. The maximum atomic E-state index is 13.1. The van der Waals surface area contributed by atoms with Crippen LogP contribution in [0.25, 0.3) is 10.2 Å². The Morgan fingerprint density at radius 3 is 2.41 bits per heavy atom. The van der Waals surface area contributed by atoms with E-state index in [1.165, 1.54) is 11.3 Å². The van der Waals surface area contributed by atoms with Gasteiger partial charge in [0.25, 0.3) is 11.5 Å². The molecule has 0 spiro atoms. The summed E-state index contributed by atoms with van der Waals surface area (Å²) in [5.74, 6) is 0.871. The van der Waals surface area contributed by atoms with Gasteiger partial charge >= 0.3 is 0 Å². The Hall–Kier alpha value is -2.22. The Kier molecular flexibility index (Phi) is 4.53. The molecular weight excluding hydrogens is 364 g/mol. The van der Waals surface area contributed by atoms with Crippen LogP contribution in [-0.2, 0) is 17.8 Å². The van der Waals surface area contributed by atoms with E-state index in [-0.39, 0.29) is 23.3 Å². The van der Waals surface area contributed by atoms with Gasteiger partial charge in [-0.05, 0) is 18.9 Å². The van der Waals surface area contributed by atoms with Gasteiger partial charge in [-0.3, -0.25) is 19.0 Å². The van der Waals surface area contributed by atoms with Crippen LogP contribution < -0.4 is 5.56 Å². The fourth-order valence-electron chi connectivity index (χ4n) is 3.92. The first-order valence-corrected chi connectivity index (χ1v) is 10.3. The topological polar surface area (TPSA) is 75.5 Å². The number of carbonyl (C=O) groups is 2. The molecule has 1 fully saturated rings. The number of piperazine rings is 1. The summed E-state index contributed by atoms with van der Waals surface area (Å²) in [4.78, 5) is 47.5. The number of rotatable bonds is 2. The molecule has 2 aromatic rings. The molecule has 1 saturated heterocycles. The number of hydrogen-bond donors (Lipinski definition) is 0. The van der Waals surface area contributed by atoms with E-state index < -0.39 is 0 Å². The Morgan fingerprint density at radius 2 is 1.74 bits per heavy atom. The molecule has 4 heterocycles. The van der Waals surface area contributed by atoms with Crippen molar-refractivity contribution in [1.82, 2.24) is 19.4 Å². The van der Waals surface area contributed by atoms with Gasteiger partial charge in [0, 0.05) is 45.1 Å². The number of nitrogens with zero attached hydrogens (tertiary/aromatic N) is 4. The summed E-state index contributed by atoms with van der Waals surface area (Å²) < 4.78 is 1.74. The minimum atomic E-state index is -0.0586. The lowest BCUT2D eigenvalue weighted by atomic mass is 10.1. The molecule has 2 amide bonds. The summed E-state index contributed by atoms with van der Waals surface area (Å²) in [5.41, 5.74) is 0.716. The van der Waals surface area contributed by atoms with E-state index in [9.17, 15) is 14.4 Å². The second-order valence-electron chi connectivity index (χ2n) is 7.60. The van der Waals surface area contributed by atoms with Crippen molar-refractivity contribution in [3.05, 3.63) is 26.6 Å². The number of carbonyl (C=O) groups excluding carboxylic acids is 2. The standard InChI is InChI=1S/C19H24N4O3S/c1-11(2)17(24)21-7-9-22(10-8-21)19(26)15-12(3)14-16(27-15)20-13-5-4-6-23(13)18(14)25/h11H,4-10H2,1-3H3. The van der Waals surface area contributed by atoms with Gasteiger partial charge < -0.3 is 9.80 Å². The quantitative estimate of drug-likeness (QED) is 0.784. The molecule has 144 valence electrons. The molecular formula is C19H24N4O3S. The third-order valence-electron chi connectivity index (χ3n) is 5.48. The molecule has 2 aliphatic heterocycles. The summed E-state index contributed by atoms with van der Waals surface area (Å²) in [6.07, 6.45) is 1.76. The molecule has 8 heteroatoms. The highest BCUT2D eigenvalue weighted by atomic mass is 32.1. The summed E-state index contributed by atoms with van der Waals surface area (Å²) in [6, 6.07) is 0. The molecule has 0 aliphatic carbocycles. The maximum Gasteiger partial charge on any atom is 0.264 e.